The molecule has 39 heavy (non-hydrogen) atoms. The van der Waals surface area contributed by atoms with Gasteiger partial charge in [0.2, 0.25) is 0 Å². The maximum atomic E-state index is 13.8. The van der Waals surface area contributed by atoms with E-state index >= 15 is 0 Å². The van der Waals surface area contributed by atoms with Gasteiger partial charge < -0.3 is 15.3 Å². The summed E-state index contributed by atoms with van der Waals surface area (Å²) < 4.78 is 0. The topological polar surface area (TPSA) is 95.4 Å². The van der Waals surface area contributed by atoms with E-state index in [1.54, 1.807) is 11.0 Å². The molecule has 3 heterocycles. The van der Waals surface area contributed by atoms with E-state index in [0.717, 1.165) is 16.0 Å². The van der Waals surface area contributed by atoms with Crippen molar-refractivity contribution in [2.75, 3.05) is 13.1 Å². The van der Waals surface area contributed by atoms with Crippen molar-refractivity contribution < 1.29 is 14.7 Å². The molecule has 2 N–H and O–H groups in total. The monoisotopic (exact) mass is 540 g/mol. The summed E-state index contributed by atoms with van der Waals surface area (Å²) in [7, 11) is 0. The number of aliphatic hydroxyl groups is 1. The molecule has 8 heteroatoms. The molecule has 0 radical (unpaired) electrons. The molecule has 2 aromatic heterocycles. The summed E-state index contributed by atoms with van der Waals surface area (Å²) in [6.45, 7) is 4.66. The number of hydrogen-bond donors (Lipinski definition) is 2. The van der Waals surface area contributed by atoms with E-state index in [1.165, 1.54) is 29.7 Å². The highest BCUT2D eigenvalue weighted by molar-refractivity contribution is 7.14. The zero-order valence-corrected chi connectivity index (χ0v) is 23.0. The zero-order valence-electron chi connectivity index (χ0n) is 22.2. The van der Waals surface area contributed by atoms with Crippen molar-refractivity contribution in [1.82, 2.24) is 20.2 Å². The first-order valence-electron chi connectivity index (χ1n) is 13.5. The molecule has 2 atom stereocenters. The molecule has 2 amide bonds. The highest BCUT2D eigenvalue weighted by Crippen LogP contribution is 2.47. The SMILES string of the molecule is Cc1nc(-c2ccccc2)c(C(=O)N2CC(O)CCC2CNC(=O)c2cccc3cc(C4(C)CC4)cnc23)s1. The summed E-state index contributed by atoms with van der Waals surface area (Å²) >= 11 is 1.36. The van der Waals surface area contributed by atoms with Crippen molar-refractivity contribution in [2.24, 2.45) is 0 Å². The number of carbonyl (C=O) groups excluding carboxylic acids is 2. The van der Waals surface area contributed by atoms with E-state index in [9.17, 15) is 14.7 Å². The second-order valence-corrected chi connectivity index (χ2v) is 12.2. The first-order valence-corrected chi connectivity index (χ1v) is 14.3. The van der Waals surface area contributed by atoms with Gasteiger partial charge in [-0.05, 0) is 55.7 Å². The lowest BCUT2D eigenvalue weighted by Crippen LogP contribution is -2.53. The smallest absolute Gasteiger partial charge is 0.266 e. The number of aliphatic hydroxyl groups excluding tert-OH is 1. The number of aryl methyl sites for hydroxylation is 1. The number of pyridine rings is 1. The molecule has 200 valence electrons. The van der Waals surface area contributed by atoms with Crippen molar-refractivity contribution >= 4 is 34.1 Å². The van der Waals surface area contributed by atoms with Gasteiger partial charge in [0.1, 0.15) is 4.88 Å². The maximum absolute atomic E-state index is 13.8. The fourth-order valence-electron chi connectivity index (χ4n) is 5.42. The first-order chi connectivity index (χ1) is 18.8. The van der Waals surface area contributed by atoms with Crippen LogP contribution in [0.15, 0.2) is 60.8 Å². The number of para-hydroxylation sites is 1. The van der Waals surface area contributed by atoms with Gasteiger partial charge in [-0.15, -0.1) is 11.3 Å². The molecule has 2 fully saturated rings. The van der Waals surface area contributed by atoms with Gasteiger partial charge in [0.05, 0.1) is 27.9 Å². The quantitative estimate of drug-likeness (QED) is 0.354. The number of amides is 2. The van der Waals surface area contributed by atoms with E-state index in [2.05, 4.69) is 28.3 Å². The number of thiazole rings is 1. The van der Waals surface area contributed by atoms with Crippen LogP contribution in [-0.2, 0) is 5.41 Å². The van der Waals surface area contributed by atoms with Gasteiger partial charge in [-0.1, -0.05) is 49.4 Å². The van der Waals surface area contributed by atoms with Crippen LogP contribution in [0.3, 0.4) is 0 Å². The van der Waals surface area contributed by atoms with Crippen LogP contribution >= 0.6 is 11.3 Å². The number of rotatable bonds is 6. The van der Waals surface area contributed by atoms with Gasteiger partial charge in [-0.25, -0.2) is 4.98 Å². The summed E-state index contributed by atoms with van der Waals surface area (Å²) in [5, 5.41) is 15.3. The fraction of sp³-hybridized carbons (Fsp3) is 0.355. The Kier molecular flexibility index (Phi) is 6.69. The summed E-state index contributed by atoms with van der Waals surface area (Å²) in [5.41, 5.74) is 4.18. The summed E-state index contributed by atoms with van der Waals surface area (Å²) in [4.78, 5) is 38.7. The van der Waals surface area contributed by atoms with Crippen molar-refractivity contribution in [3.63, 3.8) is 0 Å². The van der Waals surface area contributed by atoms with Crippen LogP contribution in [-0.4, -0.2) is 57.0 Å². The number of hydrogen-bond acceptors (Lipinski definition) is 6. The third-order valence-electron chi connectivity index (χ3n) is 8.07. The Balaban J connectivity index is 1.22. The van der Waals surface area contributed by atoms with E-state index in [-0.39, 0.29) is 29.8 Å². The third kappa shape index (κ3) is 5.06. The lowest BCUT2D eigenvalue weighted by atomic mass is 9.97. The molecule has 2 aromatic carbocycles. The second kappa shape index (κ2) is 10.2. The van der Waals surface area contributed by atoms with Crippen LogP contribution in [0.5, 0.6) is 0 Å². The largest absolute Gasteiger partial charge is 0.391 e. The molecule has 1 aliphatic carbocycles. The third-order valence-corrected chi connectivity index (χ3v) is 9.03. The summed E-state index contributed by atoms with van der Waals surface area (Å²) in [6.07, 6.45) is 4.81. The Bertz CT molecular complexity index is 1550. The van der Waals surface area contributed by atoms with Gasteiger partial charge in [0.25, 0.3) is 11.8 Å². The highest BCUT2D eigenvalue weighted by atomic mass is 32.1. The predicted molar refractivity (Wildman–Crippen MR) is 153 cm³/mol. The molecule has 2 aliphatic rings. The van der Waals surface area contributed by atoms with E-state index < -0.39 is 6.10 Å². The van der Waals surface area contributed by atoms with E-state index in [4.69, 9.17) is 0 Å². The number of nitrogens with zero attached hydrogens (tertiary/aromatic N) is 3. The van der Waals surface area contributed by atoms with Gasteiger partial charge in [0, 0.05) is 36.3 Å². The average Bonchev–Trinajstić information content (AvgIpc) is 3.59. The molecule has 6 rings (SSSR count). The van der Waals surface area contributed by atoms with Gasteiger partial charge in [0.15, 0.2) is 0 Å². The fourth-order valence-corrected chi connectivity index (χ4v) is 6.32. The second-order valence-electron chi connectivity index (χ2n) is 11.0. The average molecular weight is 541 g/mol. The van der Waals surface area contributed by atoms with Crippen molar-refractivity contribution in [1.29, 1.82) is 0 Å². The van der Waals surface area contributed by atoms with Crippen LogP contribution in [0.2, 0.25) is 0 Å². The number of likely N-dealkylation sites (tertiary alicyclic amines) is 1. The molecule has 0 bridgehead atoms. The predicted octanol–water partition coefficient (Wildman–Crippen LogP) is 5.11. The number of benzene rings is 2. The van der Waals surface area contributed by atoms with Crippen LogP contribution in [0.1, 0.15) is 63.2 Å². The minimum atomic E-state index is -0.597. The minimum Gasteiger partial charge on any atom is -0.391 e. The van der Waals surface area contributed by atoms with Crippen LogP contribution in [0.4, 0.5) is 0 Å². The molecule has 1 aliphatic heterocycles. The van der Waals surface area contributed by atoms with E-state index in [0.29, 0.717) is 41.0 Å². The molecule has 7 nitrogen and oxygen atoms in total. The first kappa shape index (κ1) is 25.6. The molecule has 1 saturated heterocycles. The van der Waals surface area contributed by atoms with Gasteiger partial charge in [-0.3, -0.25) is 14.6 Å². The maximum Gasteiger partial charge on any atom is 0.266 e. The molecule has 2 unspecified atom stereocenters. The number of β-amino-alcohol motifs (C(OH)–C–C–N with tert-alkyl or cyclic N) is 1. The van der Waals surface area contributed by atoms with Gasteiger partial charge >= 0.3 is 0 Å². The summed E-state index contributed by atoms with van der Waals surface area (Å²) in [6, 6.07) is 17.3. The lowest BCUT2D eigenvalue weighted by molar-refractivity contribution is 0.0276. The Labute approximate surface area is 231 Å². The molecule has 0 spiro atoms. The number of fused-ring (bicyclic) bond motifs is 1. The standard InChI is InChI=1S/C31H32N4O3S/c1-19-34-27(20-7-4-3-5-8-20)28(39-19)30(38)35-18-24(36)12-11-23(35)17-33-29(37)25-10-6-9-21-15-22(16-32-26(21)25)31(2)13-14-31/h3-10,15-16,23-24,36H,11-14,17-18H2,1-2H3,(H,33,37). The summed E-state index contributed by atoms with van der Waals surface area (Å²) in [5.74, 6) is -0.374. The van der Waals surface area contributed by atoms with Crippen LogP contribution in [0, 0.1) is 6.92 Å². The van der Waals surface area contributed by atoms with Crippen molar-refractivity contribution in [2.45, 2.75) is 57.1 Å². The Morgan fingerprint density at radius 2 is 1.92 bits per heavy atom. The number of nitrogens with one attached hydrogen (secondary N) is 1. The molecule has 4 aromatic rings. The Hall–Kier alpha value is -3.62. The van der Waals surface area contributed by atoms with Gasteiger partial charge in [-0.2, -0.15) is 0 Å². The Morgan fingerprint density at radius 3 is 2.69 bits per heavy atom. The Morgan fingerprint density at radius 1 is 1.13 bits per heavy atom. The van der Waals surface area contributed by atoms with Crippen molar-refractivity contribution in [3.05, 3.63) is 81.8 Å². The number of piperidine rings is 1. The van der Waals surface area contributed by atoms with Crippen LogP contribution < -0.4 is 5.32 Å². The molecular weight excluding hydrogens is 508 g/mol. The highest BCUT2D eigenvalue weighted by Gasteiger charge is 2.39. The van der Waals surface area contributed by atoms with Crippen molar-refractivity contribution in [3.8, 4) is 11.3 Å². The number of carbonyl (C=O) groups is 2. The minimum absolute atomic E-state index is 0.162. The normalized spacial score (nSPS) is 20.1. The number of aromatic nitrogens is 2. The van der Waals surface area contributed by atoms with Crippen LogP contribution in [0.25, 0.3) is 22.2 Å². The lowest BCUT2D eigenvalue weighted by Gasteiger charge is -2.38. The zero-order chi connectivity index (χ0) is 27.1. The molecular formula is C31H32N4O3S. The van der Waals surface area contributed by atoms with E-state index in [1.807, 2.05) is 55.6 Å². The molecule has 1 saturated carbocycles.